The second kappa shape index (κ2) is 7.75. The lowest BCUT2D eigenvalue weighted by molar-refractivity contribution is -0.121. The first-order valence-electron chi connectivity index (χ1n) is 8.98. The van der Waals surface area contributed by atoms with Crippen LogP contribution in [0.5, 0.6) is 5.75 Å². The largest absolute Gasteiger partial charge is 0.495 e. The van der Waals surface area contributed by atoms with Gasteiger partial charge >= 0.3 is 0 Å². The molecule has 2 aliphatic rings. The number of carbonyl (C=O) groups is 2. The molecule has 1 aliphatic heterocycles. The molecule has 1 aromatic carbocycles. The number of rotatable bonds is 5. The van der Waals surface area contributed by atoms with Crippen molar-refractivity contribution in [2.24, 2.45) is 0 Å². The number of hydrogen-bond acceptors (Lipinski definition) is 5. The van der Waals surface area contributed by atoms with Gasteiger partial charge in [0, 0.05) is 18.9 Å². The maximum absolute atomic E-state index is 12.8. The van der Waals surface area contributed by atoms with Gasteiger partial charge in [0.15, 0.2) is 0 Å². The Morgan fingerprint density at radius 3 is 2.23 bits per heavy atom. The maximum Gasteiger partial charge on any atom is 0.240 e. The molecule has 8 heteroatoms. The minimum atomic E-state index is -3.74. The number of amides is 2. The number of nitrogens with one attached hydrogen (secondary N) is 1. The number of nitrogens with zero attached hydrogens (tertiary/aromatic N) is 1. The van der Waals surface area contributed by atoms with Gasteiger partial charge in [0.2, 0.25) is 21.8 Å². The third-order valence-electron chi connectivity index (χ3n) is 4.93. The van der Waals surface area contributed by atoms with E-state index in [0.29, 0.717) is 5.75 Å². The van der Waals surface area contributed by atoms with Crippen molar-refractivity contribution in [1.82, 2.24) is 4.72 Å². The average Bonchev–Trinajstić information content (AvgIpc) is 2.80. The van der Waals surface area contributed by atoms with Crippen molar-refractivity contribution in [1.29, 1.82) is 0 Å². The zero-order valence-corrected chi connectivity index (χ0v) is 15.7. The average molecular weight is 380 g/mol. The Kier molecular flexibility index (Phi) is 5.62. The van der Waals surface area contributed by atoms with Crippen molar-refractivity contribution < 1.29 is 22.7 Å². The van der Waals surface area contributed by atoms with E-state index >= 15 is 0 Å². The highest BCUT2D eigenvalue weighted by Crippen LogP contribution is 2.34. The van der Waals surface area contributed by atoms with E-state index in [2.05, 4.69) is 4.72 Å². The van der Waals surface area contributed by atoms with Crippen LogP contribution in [0, 0.1) is 0 Å². The molecule has 26 heavy (non-hydrogen) atoms. The number of benzene rings is 1. The normalized spacial score (nSPS) is 19.7. The number of hydrogen-bond donors (Lipinski definition) is 1. The summed E-state index contributed by atoms with van der Waals surface area (Å²) in [6.45, 7) is 0. The van der Waals surface area contributed by atoms with Gasteiger partial charge in [0.05, 0.1) is 17.7 Å². The minimum absolute atomic E-state index is 0.0325. The minimum Gasteiger partial charge on any atom is -0.495 e. The molecule has 1 saturated heterocycles. The summed E-state index contributed by atoms with van der Waals surface area (Å²) in [6.07, 6.45) is 6.18. The fourth-order valence-corrected chi connectivity index (χ4v) is 4.87. The molecule has 0 atom stereocenters. The Labute approximate surface area is 153 Å². The van der Waals surface area contributed by atoms with Gasteiger partial charge in [-0.3, -0.25) is 9.59 Å². The first kappa shape index (κ1) is 18.8. The number of anilines is 1. The third-order valence-corrected chi connectivity index (χ3v) is 6.45. The Balaban J connectivity index is 1.91. The van der Waals surface area contributed by atoms with Crippen molar-refractivity contribution in [2.45, 2.75) is 62.3 Å². The fraction of sp³-hybridized carbons (Fsp3) is 0.556. The third kappa shape index (κ3) is 3.91. The molecular weight excluding hydrogens is 356 g/mol. The molecule has 142 valence electrons. The molecule has 0 aromatic heterocycles. The van der Waals surface area contributed by atoms with Crippen LogP contribution in [0.1, 0.15) is 51.4 Å². The van der Waals surface area contributed by atoms with E-state index < -0.39 is 10.0 Å². The van der Waals surface area contributed by atoms with Gasteiger partial charge in [-0.25, -0.2) is 18.0 Å². The van der Waals surface area contributed by atoms with Gasteiger partial charge in [0.1, 0.15) is 5.75 Å². The Bertz CT molecular complexity index is 782. The summed E-state index contributed by atoms with van der Waals surface area (Å²) in [5.74, 6) is -0.402. The summed E-state index contributed by atoms with van der Waals surface area (Å²) in [4.78, 5) is 25.2. The number of sulfonamides is 1. The fourth-order valence-electron chi connectivity index (χ4n) is 3.54. The van der Waals surface area contributed by atoms with E-state index in [0.717, 1.165) is 43.4 Å². The summed E-state index contributed by atoms with van der Waals surface area (Å²) in [7, 11) is -2.32. The lowest BCUT2D eigenvalue weighted by atomic mass is 10.1. The molecule has 1 N–H and O–H groups in total. The summed E-state index contributed by atoms with van der Waals surface area (Å²) < 4.78 is 33.6. The van der Waals surface area contributed by atoms with Crippen LogP contribution >= 0.6 is 0 Å². The molecule has 0 bridgehead atoms. The summed E-state index contributed by atoms with van der Waals surface area (Å²) in [6, 6.07) is 4.18. The molecule has 2 fully saturated rings. The highest BCUT2D eigenvalue weighted by molar-refractivity contribution is 7.89. The monoisotopic (exact) mass is 380 g/mol. The van der Waals surface area contributed by atoms with Crippen LogP contribution in [0.25, 0.3) is 0 Å². The molecule has 0 unspecified atom stereocenters. The number of carbonyl (C=O) groups excluding carboxylic acids is 2. The highest BCUT2D eigenvalue weighted by Gasteiger charge is 2.33. The molecule has 1 saturated carbocycles. The van der Waals surface area contributed by atoms with Crippen LogP contribution in [0.15, 0.2) is 23.1 Å². The molecule has 0 radical (unpaired) electrons. The molecule has 2 amide bonds. The van der Waals surface area contributed by atoms with Crippen molar-refractivity contribution in [3.8, 4) is 5.75 Å². The van der Waals surface area contributed by atoms with Crippen LogP contribution in [0.4, 0.5) is 5.69 Å². The van der Waals surface area contributed by atoms with Gasteiger partial charge < -0.3 is 4.74 Å². The van der Waals surface area contributed by atoms with Gasteiger partial charge in [-0.15, -0.1) is 0 Å². The van der Waals surface area contributed by atoms with E-state index in [9.17, 15) is 18.0 Å². The van der Waals surface area contributed by atoms with Crippen LogP contribution in [0.3, 0.4) is 0 Å². The number of methoxy groups -OCH3 is 1. The summed E-state index contributed by atoms with van der Waals surface area (Å²) in [5.41, 5.74) is 0.184. The molecule has 1 heterocycles. The van der Waals surface area contributed by atoms with E-state index in [1.807, 2.05) is 0 Å². The molecule has 3 rings (SSSR count). The molecule has 1 aliphatic carbocycles. The van der Waals surface area contributed by atoms with Crippen molar-refractivity contribution >= 4 is 27.5 Å². The molecule has 1 aromatic rings. The predicted octanol–water partition coefficient (Wildman–Crippen LogP) is 2.35. The SMILES string of the molecule is COc1ccc(S(=O)(=O)NC2CCCCCC2)cc1N1C(=O)CCC1=O. The number of imide groups is 1. The van der Waals surface area contributed by atoms with E-state index in [1.54, 1.807) is 0 Å². The van der Waals surface area contributed by atoms with Crippen molar-refractivity contribution in [2.75, 3.05) is 12.0 Å². The van der Waals surface area contributed by atoms with Gasteiger partial charge in [0.25, 0.3) is 0 Å². The molecule has 0 spiro atoms. The van der Waals surface area contributed by atoms with E-state index in [4.69, 9.17) is 4.74 Å². The second-order valence-corrected chi connectivity index (χ2v) is 8.48. The van der Waals surface area contributed by atoms with E-state index in [-0.39, 0.29) is 41.3 Å². The lowest BCUT2D eigenvalue weighted by Crippen LogP contribution is -2.35. The predicted molar refractivity (Wildman–Crippen MR) is 96.5 cm³/mol. The quantitative estimate of drug-likeness (QED) is 0.625. The van der Waals surface area contributed by atoms with Gasteiger partial charge in [-0.05, 0) is 31.0 Å². The standard InChI is InChI=1S/C18H24N2O5S/c1-25-16-9-8-14(12-15(16)20-17(21)10-11-18(20)22)26(23,24)19-13-6-4-2-3-5-7-13/h8-9,12-13,19H,2-7,10-11H2,1H3. The first-order chi connectivity index (χ1) is 12.4. The van der Waals surface area contributed by atoms with E-state index in [1.165, 1.54) is 25.3 Å². The Hall–Kier alpha value is -1.93. The Morgan fingerprint density at radius 1 is 1.04 bits per heavy atom. The molecular formula is C18H24N2O5S. The second-order valence-electron chi connectivity index (χ2n) is 6.77. The van der Waals surface area contributed by atoms with Gasteiger partial charge in [-0.1, -0.05) is 25.7 Å². The zero-order valence-electron chi connectivity index (χ0n) is 14.9. The van der Waals surface area contributed by atoms with Crippen molar-refractivity contribution in [3.05, 3.63) is 18.2 Å². The summed E-state index contributed by atoms with van der Waals surface area (Å²) >= 11 is 0. The van der Waals surface area contributed by atoms with Crippen LogP contribution < -0.4 is 14.4 Å². The first-order valence-corrected chi connectivity index (χ1v) is 10.5. The summed E-state index contributed by atoms with van der Waals surface area (Å²) in [5, 5.41) is 0. The van der Waals surface area contributed by atoms with Gasteiger partial charge in [-0.2, -0.15) is 0 Å². The Morgan fingerprint density at radius 2 is 1.65 bits per heavy atom. The van der Waals surface area contributed by atoms with Crippen LogP contribution in [-0.4, -0.2) is 33.4 Å². The zero-order chi connectivity index (χ0) is 18.7. The number of ether oxygens (including phenoxy) is 1. The highest BCUT2D eigenvalue weighted by atomic mass is 32.2. The van der Waals surface area contributed by atoms with Crippen molar-refractivity contribution in [3.63, 3.8) is 0 Å². The lowest BCUT2D eigenvalue weighted by Gasteiger charge is -2.20. The topological polar surface area (TPSA) is 92.8 Å². The van der Waals surface area contributed by atoms with Crippen LogP contribution in [0.2, 0.25) is 0 Å². The smallest absolute Gasteiger partial charge is 0.240 e. The maximum atomic E-state index is 12.8. The van der Waals surface area contributed by atoms with Crippen LogP contribution in [-0.2, 0) is 19.6 Å². The molecule has 7 nitrogen and oxygen atoms in total.